The summed E-state index contributed by atoms with van der Waals surface area (Å²) in [5, 5.41) is 0. The summed E-state index contributed by atoms with van der Waals surface area (Å²) < 4.78 is 31.2. The molecule has 3 aromatic rings. The van der Waals surface area contributed by atoms with Crippen molar-refractivity contribution in [1.29, 1.82) is 0 Å². The number of hydrogen-bond acceptors (Lipinski definition) is 6. The van der Waals surface area contributed by atoms with Crippen LogP contribution in [0.5, 0.6) is 0 Å². The molecule has 0 unspecified atom stereocenters. The highest BCUT2D eigenvalue weighted by Gasteiger charge is 2.35. The number of amides is 1. The first kappa shape index (κ1) is 20.1. The van der Waals surface area contributed by atoms with E-state index in [1.54, 1.807) is 11.0 Å². The second-order valence-corrected chi connectivity index (χ2v) is 9.43. The molecule has 2 heterocycles. The third kappa shape index (κ3) is 3.11. The molecule has 0 saturated heterocycles. The van der Waals surface area contributed by atoms with Crippen LogP contribution in [0.1, 0.15) is 31.8 Å². The minimum atomic E-state index is -3.97. The zero-order valence-electron chi connectivity index (χ0n) is 16.8. The van der Waals surface area contributed by atoms with Crippen LogP contribution in [0.25, 0.3) is 0 Å². The Labute approximate surface area is 184 Å². The van der Waals surface area contributed by atoms with Gasteiger partial charge in [0.2, 0.25) is 9.84 Å². The Morgan fingerprint density at radius 1 is 0.906 bits per heavy atom. The van der Waals surface area contributed by atoms with Crippen molar-refractivity contribution in [3.8, 4) is 0 Å². The Bertz CT molecular complexity index is 1410. The van der Waals surface area contributed by atoms with Gasteiger partial charge in [-0.1, -0.05) is 30.3 Å². The predicted molar refractivity (Wildman–Crippen MR) is 115 cm³/mol. The average Bonchev–Trinajstić information content (AvgIpc) is 3.25. The fraction of sp³-hybridized carbons (Fsp3) is 0.125. The Morgan fingerprint density at radius 2 is 1.62 bits per heavy atom. The van der Waals surface area contributed by atoms with Crippen molar-refractivity contribution in [3.05, 3.63) is 89.0 Å². The number of benzene rings is 3. The van der Waals surface area contributed by atoms with Crippen LogP contribution in [0.2, 0.25) is 0 Å². The summed E-state index contributed by atoms with van der Waals surface area (Å²) in [4.78, 5) is 39.1. The zero-order valence-corrected chi connectivity index (χ0v) is 17.6. The molecular weight excluding hydrogens is 430 g/mol. The molecule has 7 nitrogen and oxygen atoms in total. The quantitative estimate of drug-likeness (QED) is 0.448. The molecule has 2 aliphatic rings. The number of fused-ring (bicyclic) bond motifs is 3. The summed E-state index contributed by atoms with van der Waals surface area (Å²) in [6, 6.07) is 17.3. The van der Waals surface area contributed by atoms with Crippen molar-refractivity contribution in [2.24, 2.45) is 0 Å². The van der Waals surface area contributed by atoms with Crippen molar-refractivity contribution in [2.75, 3.05) is 18.1 Å². The molecule has 2 aliphatic heterocycles. The van der Waals surface area contributed by atoms with E-state index in [2.05, 4.69) is 0 Å². The summed E-state index contributed by atoms with van der Waals surface area (Å²) in [7, 11) is -3.97. The highest BCUT2D eigenvalue weighted by molar-refractivity contribution is 7.91. The molecule has 1 amide bonds. The van der Waals surface area contributed by atoms with Gasteiger partial charge in [-0.2, -0.15) is 0 Å². The second-order valence-electron chi connectivity index (χ2n) is 7.54. The van der Waals surface area contributed by atoms with Crippen LogP contribution in [-0.2, 0) is 25.8 Å². The molecule has 0 fully saturated rings. The van der Waals surface area contributed by atoms with E-state index in [1.807, 2.05) is 24.3 Å². The van der Waals surface area contributed by atoms with Gasteiger partial charge in [0.1, 0.15) is 0 Å². The summed E-state index contributed by atoms with van der Waals surface area (Å²) >= 11 is 0. The maximum absolute atomic E-state index is 13.0. The number of ketones is 1. The Kier molecular flexibility index (Phi) is 4.67. The molecular formula is C24H17NO6S. The van der Waals surface area contributed by atoms with Gasteiger partial charge in [0, 0.05) is 23.4 Å². The van der Waals surface area contributed by atoms with E-state index in [0.29, 0.717) is 6.54 Å². The molecule has 8 heteroatoms. The largest absolute Gasteiger partial charge is 0.452 e. The predicted octanol–water partition coefficient (Wildman–Crippen LogP) is 2.81. The van der Waals surface area contributed by atoms with E-state index in [0.717, 1.165) is 23.7 Å². The van der Waals surface area contributed by atoms with Gasteiger partial charge < -0.3 is 9.64 Å². The zero-order chi connectivity index (χ0) is 22.5. The summed E-state index contributed by atoms with van der Waals surface area (Å²) in [6.07, 6.45) is 0.730. The van der Waals surface area contributed by atoms with Gasteiger partial charge in [0.25, 0.3) is 5.91 Å². The smallest absolute Gasteiger partial charge is 0.338 e. The van der Waals surface area contributed by atoms with E-state index in [9.17, 15) is 22.8 Å². The minimum absolute atomic E-state index is 0.00463. The van der Waals surface area contributed by atoms with Gasteiger partial charge in [0.05, 0.1) is 15.4 Å². The molecule has 5 rings (SSSR count). The van der Waals surface area contributed by atoms with Gasteiger partial charge in [-0.15, -0.1) is 0 Å². The first-order valence-corrected chi connectivity index (χ1v) is 11.4. The van der Waals surface area contributed by atoms with Crippen LogP contribution in [0.15, 0.2) is 76.5 Å². The topological polar surface area (TPSA) is 97.8 Å². The fourth-order valence-corrected chi connectivity index (χ4v) is 5.77. The number of anilines is 1. The molecule has 0 N–H and O–H groups in total. The summed E-state index contributed by atoms with van der Waals surface area (Å²) in [6.45, 7) is 0.0348. The number of carbonyl (C=O) groups excluding carboxylic acids is 3. The molecule has 32 heavy (non-hydrogen) atoms. The monoisotopic (exact) mass is 447 g/mol. The van der Waals surface area contributed by atoms with Crippen molar-refractivity contribution in [1.82, 2.24) is 0 Å². The number of nitrogens with zero attached hydrogens (tertiary/aromatic N) is 1. The normalized spacial score (nSPS) is 15.5. The van der Waals surface area contributed by atoms with Gasteiger partial charge >= 0.3 is 5.97 Å². The second kappa shape index (κ2) is 7.42. The first-order chi connectivity index (χ1) is 15.4. The standard InChI is InChI=1S/C24H17NO6S/c26-22(25-12-11-15-5-1-3-7-19(15)25)14-31-24(28)16-9-10-18-21(13-16)32(29,30)20-8-4-2-6-17(20)23(18)27/h1-10,13H,11-12,14H2. The molecule has 0 spiro atoms. The number of sulfone groups is 1. The van der Waals surface area contributed by atoms with Gasteiger partial charge in [0.15, 0.2) is 12.4 Å². The summed E-state index contributed by atoms with van der Waals surface area (Å²) in [5.41, 5.74) is 1.91. The third-order valence-electron chi connectivity index (χ3n) is 5.69. The van der Waals surface area contributed by atoms with Gasteiger partial charge in [-0.3, -0.25) is 9.59 Å². The van der Waals surface area contributed by atoms with Crippen LogP contribution in [0.3, 0.4) is 0 Å². The maximum atomic E-state index is 13.0. The van der Waals surface area contributed by atoms with Gasteiger partial charge in [-0.25, -0.2) is 13.2 Å². The van der Waals surface area contributed by atoms with E-state index in [-0.39, 0.29) is 32.4 Å². The number of hydrogen-bond donors (Lipinski definition) is 0. The number of ether oxygens (including phenoxy) is 1. The van der Waals surface area contributed by atoms with Crippen LogP contribution in [-0.4, -0.2) is 39.2 Å². The van der Waals surface area contributed by atoms with Crippen LogP contribution in [0.4, 0.5) is 5.69 Å². The van der Waals surface area contributed by atoms with Crippen LogP contribution in [0, 0.1) is 0 Å². The number of rotatable bonds is 3. The maximum Gasteiger partial charge on any atom is 0.338 e. The van der Waals surface area contributed by atoms with Crippen molar-refractivity contribution < 1.29 is 27.5 Å². The SMILES string of the molecule is O=C(OCC(=O)N1CCc2ccccc21)c1ccc2c(c1)S(=O)(=O)c1ccccc1C2=O. The highest BCUT2D eigenvalue weighted by Crippen LogP contribution is 2.35. The van der Waals surface area contributed by atoms with Gasteiger partial charge in [-0.05, 0) is 48.4 Å². The Hall–Kier alpha value is -3.78. The highest BCUT2D eigenvalue weighted by atomic mass is 32.2. The molecule has 0 atom stereocenters. The molecule has 0 bridgehead atoms. The van der Waals surface area contributed by atoms with Crippen LogP contribution < -0.4 is 4.90 Å². The average molecular weight is 447 g/mol. The molecule has 0 aromatic heterocycles. The van der Waals surface area contributed by atoms with Crippen molar-refractivity contribution in [3.63, 3.8) is 0 Å². The lowest BCUT2D eigenvalue weighted by molar-refractivity contribution is -0.121. The van der Waals surface area contributed by atoms with E-state index >= 15 is 0 Å². The molecule has 3 aromatic carbocycles. The number of esters is 1. The van der Waals surface area contributed by atoms with E-state index < -0.39 is 28.2 Å². The van der Waals surface area contributed by atoms with Crippen LogP contribution >= 0.6 is 0 Å². The molecule has 0 radical (unpaired) electrons. The molecule has 160 valence electrons. The molecule has 0 saturated carbocycles. The Morgan fingerprint density at radius 3 is 2.47 bits per heavy atom. The minimum Gasteiger partial charge on any atom is -0.452 e. The Balaban J connectivity index is 1.37. The number of carbonyl (C=O) groups is 3. The molecule has 0 aliphatic carbocycles. The third-order valence-corrected chi connectivity index (χ3v) is 7.54. The summed E-state index contributed by atoms with van der Waals surface area (Å²) in [5.74, 6) is -1.62. The lowest BCUT2D eigenvalue weighted by atomic mass is 10.0. The fourth-order valence-electron chi connectivity index (χ4n) is 4.10. The number of para-hydroxylation sites is 1. The lowest BCUT2D eigenvalue weighted by Crippen LogP contribution is -2.33. The van der Waals surface area contributed by atoms with Crippen molar-refractivity contribution >= 4 is 33.2 Å². The lowest BCUT2D eigenvalue weighted by Gasteiger charge is -2.19. The van der Waals surface area contributed by atoms with E-state index in [4.69, 9.17) is 4.74 Å². The van der Waals surface area contributed by atoms with Crippen molar-refractivity contribution in [2.45, 2.75) is 16.2 Å². The van der Waals surface area contributed by atoms with E-state index in [1.165, 1.54) is 30.3 Å². The first-order valence-electron chi connectivity index (χ1n) is 9.96.